The highest BCUT2D eigenvalue weighted by atomic mass is 32.1. The molecule has 7 heteroatoms. The van der Waals surface area contributed by atoms with E-state index in [0.29, 0.717) is 0 Å². The number of fused-ring (bicyclic) bond motifs is 1. The summed E-state index contributed by atoms with van der Waals surface area (Å²) in [7, 11) is 0. The second-order valence-electron chi connectivity index (χ2n) is 5.42. The summed E-state index contributed by atoms with van der Waals surface area (Å²) in [5, 5.41) is 0. The first kappa shape index (κ1) is 13.3. The van der Waals surface area contributed by atoms with Gasteiger partial charge in [0, 0.05) is 18.0 Å². The van der Waals surface area contributed by atoms with Crippen LogP contribution in [0.5, 0.6) is 0 Å². The van der Waals surface area contributed by atoms with Crippen LogP contribution in [-0.4, -0.2) is 29.3 Å². The number of thiazole rings is 1. The van der Waals surface area contributed by atoms with Crippen molar-refractivity contribution in [2.75, 3.05) is 0 Å². The molecule has 4 heterocycles. The van der Waals surface area contributed by atoms with Crippen LogP contribution in [0, 0.1) is 0 Å². The molecular weight excluding hydrogens is 320 g/mol. The molecule has 0 fully saturated rings. The molecule has 5 aromatic rings. The van der Waals surface area contributed by atoms with Gasteiger partial charge in [0.05, 0.1) is 47.0 Å². The Hall–Kier alpha value is -3.19. The lowest BCUT2D eigenvalue weighted by Crippen LogP contribution is -1.80. The smallest absolute Gasteiger partial charge is 0.194 e. The van der Waals surface area contributed by atoms with E-state index < -0.39 is 0 Å². The number of rotatable bonds is 3. The number of hydrogen-bond donors (Lipinski definition) is 2. The maximum Gasteiger partial charge on any atom is 0.194 e. The minimum Gasteiger partial charge on any atom is -0.345 e. The van der Waals surface area contributed by atoms with Crippen LogP contribution < -0.4 is 0 Å². The Morgan fingerprint density at radius 1 is 0.833 bits per heavy atom. The molecule has 0 saturated heterocycles. The highest BCUT2D eigenvalue weighted by Gasteiger charge is 2.10. The molecule has 1 aromatic carbocycles. The molecule has 0 aliphatic heterocycles. The van der Waals surface area contributed by atoms with Gasteiger partial charge in [-0.25, -0.2) is 15.0 Å². The third-order valence-corrected chi connectivity index (χ3v) is 4.94. The first-order valence-electron chi connectivity index (χ1n) is 7.43. The van der Waals surface area contributed by atoms with Gasteiger partial charge in [0.1, 0.15) is 0 Å². The van der Waals surface area contributed by atoms with Gasteiger partial charge < -0.3 is 9.97 Å². The molecule has 5 rings (SSSR count). The summed E-state index contributed by atoms with van der Waals surface area (Å²) in [5.41, 5.74) is 5.19. The number of hydrogen-bond acceptors (Lipinski definition) is 4. The molecule has 6 nitrogen and oxygen atoms in total. The molecular formula is C17H12N6S. The Morgan fingerprint density at radius 2 is 1.54 bits per heavy atom. The Labute approximate surface area is 140 Å². The predicted octanol–water partition coefficient (Wildman–Crippen LogP) is 3.84. The molecule has 0 radical (unpaired) electrons. The zero-order valence-electron chi connectivity index (χ0n) is 12.5. The standard InChI is InChI=1S/C17H12N6S/c1-3-12(4-2-11(1)13-5-18-9-20-13)15-7-23-8-16(24-17(23)22-15)14-6-19-10-21-14/h1-10H,(H,18,20)(H,19,21). The van der Waals surface area contributed by atoms with E-state index in [0.717, 1.165) is 38.0 Å². The van der Waals surface area contributed by atoms with Crippen molar-refractivity contribution in [3.63, 3.8) is 0 Å². The van der Waals surface area contributed by atoms with Gasteiger partial charge in [-0.05, 0) is 5.56 Å². The lowest BCUT2D eigenvalue weighted by molar-refractivity contribution is 1.23. The van der Waals surface area contributed by atoms with Gasteiger partial charge in [-0.15, -0.1) is 0 Å². The quantitative estimate of drug-likeness (QED) is 0.527. The predicted molar refractivity (Wildman–Crippen MR) is 93.7 cm³/mol. The van der Waals surface area contributed by atoms with E-state index in [1.807, 2.05) is 12.4 Å². The summed E-state index contributed by atoms with van der Waals surface area (Å²) in [6.45, 7) is 0. The molecule has 0 aliphatic carbocycles. The van der Waals surface area contributed by atoms with Gasteiger partial charge in [0.15, 0.2) is 4.96 Å². The number of nitrogens with zero attached hydrogens (tertiary/aromatic N) is 4. The summed E-state index contributed by atoms with van der Waals surface area (Å²) >= 11 is 1.64. The van der Waals surface area contributed by atoms with Crippen LogP contribution in [0.4, 0.5) is 0 Å². The van der Waals surface area contributed by atoms with Crippen LogP contribution in [0.25, 0.3) is 38.0 Å². The van der Waals surface area contributed by atoms with Gasteiger partial charge in [0.2, 0.25) is 0 Å². The first-order chi connectivity index (χ1) is 11.9. The molecule has 116 valence electrons. The van der Waals surface area contributed by atoms with E-state index in [1.165, 1.54) is 0 Å². The van der Waals surface area contributed by atoms with E-state index in [2.05, 4.69) is 61.0 Å². The van der Waals surface area contributed by atoms with Crippen LogP contribution in [0.3, 0.4) is 0 Å². The molecule has 0 unspecified atom stereocenters. The minimum absolute atomic E-state index is 0.965. The number of benzene rings is 1. The zero-order valence-corrected chi connectivity index (χ0v) is 13.3. The van der Waals surface area contributed by atoms with Crippen molar-refractivity contribution in [2.45, 2.75) is 0 Å². The molecule has 0 spiro atoms. The number of aromatic nitrogens is 6. The summed E-state index contributed by atoms with van der Waals surface area (Å²) in [5.74, 6) is 0. The third-order valence-electron chi connectivity index (χ3n) is 3.91. The molecule has 0 bridgehead atoms. The van der Waals surface area contributed by atoms with Gasteiger partial charge in [-0.3, -0.25) is 4.40 Å². The summed E-state index contributed by atoms with van der Waals surface area (Å²) in [6, 6.07) is 8.31. The van der Waals surface area contributed by atoms with Crippen LogP contribution in [0.1, 0.15) is 0 Å². The van der Waals surface area contributed by atoms with Crippen LogP contribution in [-0.2, 0) is 0 Å². The Bertz CT molecular complexity index is 1050. The maximum atomic E-state index is 4.73. The highest BCUT2D eigenvalue weighted by Crippen LogP contribution is 2.30. The number of imidazole rings is 3. The molecule has 4 aromatic heterocycles. The zero-order chi connectivity index (χ0) is 15.9. The molecule has 24 heavy (non-hydrogen) atoms. The fourth-order valence-electron chi connectivity index (χ4n) is 2.68. The van der Waals surface area contributed by atoms with Crippen molar-refractivity contribution in [1.29, 1.82) is 0 Å². The summed E-state index contributed by atoms with van der Waals surface area (Å²) in [4.78, 5) is 21.2. The molecule has 0 aliphatic rings. The van der Waals surface area contributed by atoms with Crippen molar-refractivity contribution in [2.24, 2.45) is 0 Å². The lowest BCUT2D eigenvalue weighted by Gasteiger charge is -2.00. The number of H-pyrrole nitrogens is 2. The van der Waals surface area contributed by atoms with Gasteiger partial charge in [0.25, 0.3) is 0 Å². The highest BCUT2D eigenvalue weighted by molar-refractivity contribution is 7.20. The molecule has 2 N–H and O–H groups in total. The van der Waals surface area contributed by atoms with Crippen molar-refractivity contribution in [3.8, 4) is 33.1 Å². The van der Waals surface area contributed by atoms with Crippen molar-refractivity contribution >= 4 is 16.3 Å². The largest absolute Gasteiger partial charge is 0.345 e. The van der Waals surface area contributed by atoms with Crippen molar-refractivity contribution < 1.29 is 0 Å². The Kier molecular flexibility index (Phi) is 2.86. The Morgan fingerprint density at radius 3 is 2.21 bits per heavy atom. The number of aromatic amines is 2. The normalized spacial score (nSPS) is 11.3. The molecule has 0 amide bonds. The fraction of sp³-hybridized carbons (Fsp3) is 0. The monoisotopic (exact) mass is 332 g/mol. The average molecular weight is 332 g/mol. The van der Waals surface area contributed by atoms with E-state index in [9.17, 15) is 0 Å². The van der Waals surface area contributed by atoms with E-state index in [4.69, 9.17) is 4.98 Å². The van der Waals surface area contributed by atoms with Crippen LogP contribution in [0.2, 0.25) is 0 Å². The van der Waals surface area contributed by atoms with E-state index >= 15 is 0 Å². The molecule has 0 saturated carbocycles. The van der Waals surface area contributed by atoms with Gasteiger partial charge in [-0.2, -0.15) is 0 Å². The second kappa shape index (κ2) is 5.17. The van der Waals surface area contributed by atoms with Crippen molar-refractivity contribution in [3.05, 3.63) is 61.7 Å². The average Bonchev–Trinajstić information content (AvgIpc) is 3.37. The lowest BCUT2D eigenvalue weighted by atomic mass is 10.1. The summed E-state index contributed by atoms with van der Waals surface area (Å²) < 4.78 is 2.05. The minimum atomic E-state index is 0.965. The topological polar surface area (TPSA) is 74.7 Å². The van der Waals surface area contributed by atoms with Gasteiger partial charge in [-0.1, -0.05) is 35.6 Å². The van der Waals surface area contributed by atoms with Gasteiger partial charge >= 0.3 is 0 Å². The van der Waals surface area contributed by atoms with Crippen LogP contribution >= 0.6 is 11.3 Å². The van der Waals surface area contributed by atoms with E-state index in [1.54, 1.807) is 24.0 Å². The van der Waals surface area contributed by atoms with E-state index in [-0.39, 0.29) is 0 Å². The van der Waals surface area contributed by atoms with Crippen molar-refractivity contribution in [1.82, 2.24) is 29.3 Å². The molecule has 0 atom stereocenters. The summed E-state index contributed by atoms with van der Waals surface area (Å²) in [6.07, 6.45) is 11.1. The fourth-order valence-corrected chi connectivity index (χ4v) is 3.62. The number of nitrogens with one attached hydrogen (secondary N) is 2. The third kappa shape index (κ3) is 2.14. The Balaban J connectivity index is 1.49. The second-order valence-corrected chi connectivity index (χ2v) is 6.43. The maximum absolute atomic E-state index is 4.73. The van der Waals surface area contributed by atoms with Crippen LogP contribution in [0.15, 0.2) is 61.7 Å². The first-order valence-corrected chi connectivity index (χ1v) is 8.25. The SMILES string of the molecule is c1ncc(-c2ccc(-c3cn4cc(-c5cnc[nH]5)sc4n3)cc2)[nH]1.